The van der Waals surface area contributed by atoms with Gasteiger partial charge in [0.25, 0.3) is 0 Å². The molecule has 178 valence electrons. The van der Waals surface area contributed by atoms with Crippen molar-refractivity contribution < 1.29 is 34.2 Å². The topological polar surface area (TPSA) is 214 Å². The monoisotopic (exact) mass is 445 g/mol. The summed E-state index contributed by atoms with van der Waals surface area (Å²) in [6.45, 7) is 6.44. The van der Waals surface area contributed by atoms with Crippen LogP contribution in [0.25, 0.3) is 0 Å². The van der Waals surface area contributed by atoms with Crippen LogP contribution in [0.3, 0.4) is 0 Å². The normalized spacial score (nSPS) is 15.8. The summed E-state index contributed by atoms with van der Waals surface area (Å²) in [6.07, 6.45) is 0.155. The quantitative estimate of drug-likeness (QED) is 0.155. The minimum Gasteiger partial charge on any atom is -0.480 e. The number of aliphatic carboxylic acids is 1. The molecule has 31 heavy (non-hydrogen) atoms. The highest BCUT2D eigenvalue weighted by molar-refractivity contribution is 5.94. The molecule has 0 rings (SSSR count). The average molecular weight is 446 g/mol. The third-order valence-electron chi connectivity index (χ3n) is 4.74. The van der Waals surface area contributed by atoms with Gasteiger partial charge in [-0.15, -0.1) is 0 Å². The van der Waals surface area contributed by atoms with Gasteiger partial charge in [-0.1, -0.05) is 34.1 Å². The fourth-order valence-electron chi connectivity index (χ4n) is 2.62. The Bertz CT molecular complexity index is 656. The minimum atomic E-state index is -1.56. The summed E-state index contributed by atoms with van der Waals surface area (Å²) in [6, 6.07) is -4.97. The predicted molar refractivity (Wildman–Crippen MR) is 111 cm³/mol. The second-order valence-electron chi connectivity index (χ2n) is 7.92. The maximum absolute atomic E-state index is 12.6. The summed E-state index contributed by atoms with van der Waals surface area (Å²) in [5, 5.41) is 25.6. The number of carbonyl (C=O) groups is 5. The molecule has 0 heterocycles. The number of aliphatic hydroxyl groups excluding tert-OH is 1. The van der Waals surface area contributed by atoms with Crippen molar-refractivity contribution in [3.63, 3.8) is 0 Å². The second-order valence-corrected chi connectivity index (χ2v) is 7.92. The lowest BCUT2D eigenvalue weighted by molar-refractivity contribution is -0.144. The number of hydrogen-bond donors (Lipinski definition) is 7. The number of carboxylic acids is 1. The van der Waals surface area contributed by atoms with E-state index in [9.17, 15) is 29.1 Å². The Kier molecular flexibility index (Phi) is 12.4. The van der Waals surface area contributed by atoms with E-state index < -0.39 is 66.8 Å². The Morgan fingerprint density at radius 2 is 1.35 bits per heavy atom. The first-order chi connectivity index (χ1) is 14.3. The Hall–Kier alpha value is -2.73. The van der Waals surface area contributed by atoms with Crippen LogP contribution >= 0.6 is 0 Å². The van der Waals surface area contributed by atoms with Crippen LogP contribution in [-0.4, -0.2) is 70.6 Å². The Morgan fingerprint density at radius 3 is 1.77 bits per heavy atom. The first-order valence-corrected chi connectivity index (χ1v) is 10.1. The van der Waals surface area contributed by atoms with Gasteiger partial charge in [0.1, 0.15) is 18.1 Å². The summed E-state index contributed by atoms with van der Waals surface area (Å²) in [5.41, 5.74) is 10.8. The van der Waals surface area contributed by atoms with Crippen molar-refractivity contribution in [2.24, 2.45) is 23.3 Å². The zero-order valence-electron chi connectivity index (χ0n) is 18.4. The molecule has 0 spiro atoms. The van der Waals surface area contributed by atoms with Crippen LogP contribution in [0.2, 0.25) is 0 Å². The van der Waals surface area contributed by atoms with Crippen LogP contribution < -0.4 is 27.4 Å². The molecular weight excluding hydrogens is 410 g/mol. The lowest BCUT2D eigenvalue weighted by Gasteiger charge is -2.26. The van der Waals surface area contributed by atoms with Gasteiger partial charge in [0.15, 0.2) is 0 Å². The van der Waals surface area contributed by atoms with Crippen LogP contribution in [0.5, 0.6) is 0 Å². The van der Waals surface area contributed by atoms with Gasteiger partial charge in [-0.05, 0) is 18.3 Å². The minimum absolute atomic E-state index is 0.0727. The summed E-state index contributed by atoms with van der Waals surface area (Å²) in [5.74, 6) is -4.90. The van der Waals surface area contributed by atoms with E-state index >= 15 is 0 Å². The van der Waals surface area contributed by atoms with Gasteiger partial charge in [-0.25, -0.2) is 4.79 Å². The molecule has 0 fully saturated rings. The van der Waals surface area contributed by atoms with Crippen molar-refractivity contribution in [2.45, 2.75) is 71.1 Å². The van der Waals surface area contributed by atoms with Crippen molar-refractivity contribution in [1.82, 2.24) is 16.0 Å². The van der Waals surface area contributed by atoms with E-state index in [4.69, 9.17) is 16.6 Å². The standard InChI is InChI=1S/C19H35N5O7/c1-5-10(4)15(21)18(29)24-13(8-25)17(28)22-11(6-9(2)3)16(27)23-12(19(30)31)7-14(20)26/h9-13,15,25H,5-8,21H2,1-4H3,(H2,20,26)(H,22,28)(H,23,27)(H,24,29)(H,30,31). The smallest absolute Gasteiger partial charge is 0.326 e. The highest BCUT2D eigenvalue weighted by atomic mass is 16.4. The SMILES string of the molecule is CCC(C)C(N)C(=O)NC(CO)C(=O)NC(CC(C)C)C(=O)NC(CC(N)=O)C(=O)O. The molecule has 12 nitrogen and oxygen atoms in total. The number of nitrogens with two attached hydrogens (primary N) is 2. The van der Waals surface area contributed by atoms with Gasteiger partial charge in [-0.3, -0.25) is 19.2 Å². The molecule has 0 aliphatic heterocycles. The lowest BCUT2D eigenvalue weighted by atomic mass is 9.99. The van der Waals surface area contributed by atoms with E-state index in [1.54, 1.807) is 20.8 Å². The van der Waals surface area contributed by atoms with Crippen LogP contribution in [-0.2, 0) is 24.0 Å². The molecule has 4 amide bonds. The van der Waals surface area contributed by atoms with Crippen LogP contribution in [0.4, 0.5) is 0 Å². The number of primary amides is 1. The highest BCUT2D eigenvalue weighted by Gasteiger charge is 2.31. The largest absolute Gasteiger partial charge is 0.480 e. The van der Waals surface area contributed by atoms with Crippen LogP contribution in [0, 0.1) is 11.8 Å². The number of hydrogen-bond acceptors (Lipinski definition) is 7. The number of rotatable bonds is 14. The average Bonchev–Trinajstić information content (AvgIpc) is 2.68. The van der Waals surface area contributed by atoms with Crippen molar-refractivity contribution in [3.8, 4) is 0 Å². The van der Waals surface area contributed by atoms with Crippen molar-refractivity contribution in [2.75, 3.05) is 6.61 Å². The second kappa shape index (κ2) is 13.5. The molecule has 5 unspecified atom stereocenters. The molecule has 0 aromatic rings. The molecule has 0 aliphatic rings. The number of aliphatic hydroxyl groups is 1. The molecule has 9 N–H and O–H groups in total. The molecule has 0 radical (unpaired) electrons. The molecule has 0 aromatic heterocycles. The summed E-state index contributed by atoms with van der Waals surface area (Å²) < 4.78 is 0. The number of carbonyl (C=O) groups excluding carboxylic acids is 4. The van der Waals surface area contributed by atoms with Gasteiger partial charge in [0, 0.05) is 0 Å². The van der Waals surface area contributed by atoms with E-state index in [1.165, 1.54) is 0 Å². The van der Waals surface area contributed by atoms with Crippen molar-refractivity contribution in [3.05, 3.63) is 0 Å². The third kappa shape index (κ3) is 10.2. The van der Waals surface area contributed by atoms with Gasteiger partial charge in [0.2, 0.25) is 23.6 Å². The molecule has 0 saturated carbocycles. The Morgan fingerprint density at radius 1 is 0.871 bits per heavy atom. The predicted octanol–water partition coefficient (Wildman–Crippen LogP) is -2.19. The van der Waals surface area contributed by atoms with E-state index in [0.29, 0.717) is 6.42 Å². The van der Waals surface area contributed by atoms with E-state index in [1.807, 2.05) is 6.92 Å². The van der Waals surface area contributed by atoms with Crippen molar-refractivity contribution >= 4 is 29.6 Å². The zero-order chi connectivity index (χ0) is 24.3. The first-order valence-electron chi connectivity index (χ1n) is 10.1. The fourth-order valence-corrected chi connectivity index (χ4v) is 2.62. The van der Waals surface area contributed by atoms with E-state index in [0.717, 1.165) is 0 Å². The Labute approximate surface area is 181 Å². The maximum atomic E-state index is 12.6. The summed E-state index contributed by atoms with van der Waals surface area (Å²) >= 11 is 0. The zero-order valence-corrected chi connectivity index (χ0v) is 18.4. The van der Waals surface area contributed by atoms with Crippen molar-refractivity contribution in [1.29, 1.82) is 0 Å². The van der Waals surface area contributed by atoms with Gasteiger partial charge in [0.05, 0.1) is 19.1 Å². The molecule has 12 heteroatoms. The van der Waals surface area contributed by atoms with Gasteiger partial charge in [-0.2, -0.15) is 0 Å². The van der Waals surface area contributed by atoms with Crippen LogP contribution in [0.15, 0.2) is 0 Å². The number of nitrogens with one attached hydrogen (secondary N) is 3. The maximum Gasteiger partial charge on any atom is 0.326 e. The molecule has 0 aliphatic carbocycles. The van der Waals surface area contributed by atoms with Gasteiger partial charge >= 0.3 is 5.97 Å². The molecule has 0 aromatic carbocycles. The summed E-state index contributed by atoms with van der Waals surface area (Å²) in [7, 11) is 0. The molecule has 0 bridgehead atoms. The molecule has 5 atom stereocenters. The van der Waals surface area contributed by atoms with E-state index in [2.05, 4.69) is 16.0 Å². The Balaban J connectivity index is 5.32. The first kappa shape index (κ1) is 28.3. The molecular formula is C19H35N5O7. The van der Waals surface area contributed by atoms with Crippen LogP contribution in [0.1, 0.15) is 47.0 Å². The third-order valence-corrected chi connectivity index (χ3v) is 4.74. The van der Waals surface area contributed by atoms with Gasteiger partial charge < -0.3 is 37.6 Å². The number of amides is 4. The fraction of sp³-hybridized carbons (Fsp3) is 0.737. The summed E-state index contributed by atoms with van der Waals surface area (Å²) in [4.78, 5) is 59.7. The molecule has 0 saturated heterocycles. The highest BCUT2D eigenvalue weighted by Crippen LogP contribution is 2.08. The lowest BCUT2D eigenvalue weighted by Crippen LogP contribution is -2.59. The van der Waals surface area contributed by atoms with E-state index in [-0.39, 0.29) is 18.3 Å². The number of carboxylic acid groups (broad SMARTS) is 1.